The highest BCUT2D eigenvalue weighted by Gasteiger charge is 2.43. The Morgan fingerprint density at radius 2 is 1.71 bits per heavy atom. The molecule has 6 heteroatoms. The number of piperidine rings is 1. The molecule has 1 heterocycles. The van der Waals surface area contributed by atoms with Gasteiger partial charge < -0.3 is 37.9 Å². The zero-order valence-electron chi connectivity index (χ0n) is 16.1. The van der Waals surface area contributed by atoms with Crippen molar-refractivity contribution in [3.05, 3.63) is 0 Å². The highest BCUT2D eigenvalue weighted by atomic mass is 127. The van der Waals surface area contributed by atoms with Crippen molar-refractivity contribution in [3.63, 3.8) is 0 Å². The van der Waals surface area contributed by atoms with Gasteiger partial charge >= 0.3 is 11.9 Å². The summed E-state index contributed by atoms with van der Waals surface area (Å²) in [6, 6.07) is 0. The Balaban J connectivity index is 0.00000529. The molecule has 142 valence electrons. The van der Waals surface area contributed by atoms with E-state index in [2.05, 4.69) is 7.05 Å². The standard InChI is InChI=1S/C18H34NO4.HI/c1-7-22-16(21)18(5)10-13-19(6,14-11-18)12-8-9-15(20)23-17(2,3)4;/h7-14H2,1-6H3;1H/q+1;/p-1. The van der Waals surface area contributed by atoms with E-state index in [1.165, 1.54) is 0 Å². The summed E-state index contributed by atoms with van der Waals surface area (Å²) in [7, 11) is 2.21. The SMILES string of the molecule is CCOC(=O)C1(C)CC[N+](C)(CCCC(=O)OC(C)(C)C)CC1.[I-]. The van der Waals surface area contributed by atoms with Crippen molar-refractivity contribution in [1.82, 2.24) is 0 Å². The van der Waals surface area contributed by atoms with Gasteiger partial charge in [-0.05, 0) is 34.6 Å². The van der Waals surface area contributed by atoms with E-state index in [-0.39, 0.29) is 41.3 Å². The lowest BCUT2D eigenvalue weighted by molar-refractivity contribution is -0.916. The molecule has 1 rings (SSSR count). The molecule has 1 aliphatic rings. The van der Waals surface area contributed by atoms with Crippen molar-refractivity contribution in [2.45, 2.75) is 65.9 Å². The molecule has 0 amide bonds. The van der Waals surface area contributed by atoms with Gasteiger partial charge in [0.1, 0.15) is 5.60 Å². The summed E-state index contributed by atoms with van der Waals surface area (Å²) in [5, 5.41) is 0. The van der Waals surface area contributed by atoms with Gasteiger partial charge in [0, 0.05) is 19.3 Å². The van der Waals surface area contributed by atoms with Crippen LogP contribution < -0.4 is 24.0 Å². The lowest BCUT2D eigenvalue weighted by Gasteiger charge is -2.43. The molecule has 5 nitrogen and oxygen atoms in total. The number of carbonyl (C=O) groups is 2. The van der Waals surface area contributed by atoms with Crippen molar-refractivity contribution in [2.24, 2.45) is 5.41 Å². The van der Waals surface area contributed by atoms with Gasteiger partial charge in [0.05, 0.1) is 45.1 Å². The Kier molecular flexibility index (Phi) is 9.22. The van der Waals surface area contributed by atoms with Crippen LogP contribution in [0.2, 0.25) is 0 Å². The fourth-order valence-electron chi connectivity index (χ4n) is 3.00. The van der Waals surface area contributed by atoms with Gasteiger partial charge in [0.2, 0.25) is 0 Å². The third-order valence-corrected chi connectivity index (χ3v) is 4.67. The van der Waals surface area contributed by atoms with E-state index in [1.54, 1.807) is 0 Å². The predicted octanol–water partition coefficient (Wildman–Crippen LogP) is -0.0779. The summed E-state index contributed by atoms with van der Waals surface area (Å²) >= 11 is 0. The fraction of sp³-hybridized carbons (Fsp3) is 0.889. The van der Waals surface area contributed by atoms with Crippen molar-refractivity contribution in [2.75, 3.05) is 33.3 Å². The van der Waals surface area contributed by atoms with Crippen LogP contribution in [0, 0.1) is 5.41 Å². The maximum absolute atomic E-state index is 12.1. The average Bonchev–Trinajstić information content (AvgIpc) is 2.41. The summed E-state index contributed by atoms with van der Waals surface area (Å²) < 4.78 is 11.5. The number of quaternary nitrogens is 1. The zero-order chi connectivity index (χ0) is 17.7. The predicted molar refractivity (Wildman–Crippen MR) is 89.8 cm³/mol. The van der Waals surface area contributed by atoms with Gasteiger partial charge in [-0.25, -0.2) is 0 Å². The van der Waals surface area contributed by atoms with E-state index >= 15 is 0 Å². The Morgan fingerprint density at radius 3 is 2.17 bits per heavy atom. The Hall–Kier alpha value is -0.370. The largest absolute Gasteiger partial charge is 1.00 e. The maximum atomic E-state index is 12.1. The first-order chi connectivity index (χ1) is 10.5. The molecule has 0 radical (unpaired) electrons. The fourth-order valence-corrected chi connectivity index (χ4v) is 3.00. The van der Waals surface area contributed by atoms with E-state index < -0.39 is 5.60 Å². The highest BCUT2D eigenvalue weighted by molar-refractivity contribution is 5.76. The van der Waals surface area contributed by atoms with Gasteiger partial charge in [-0.3, -0.25) is 9.59 Å². The second-order valence-corrected chi connectivity index (χ2v) is 8.26. The van der Waals surface area contributed by atoms with Crippen LogP contribution in [-0.2, 0) is 19.1 Å². The van der Waals surface area contributed by atoms with E-state index in [9.17, 15) is 9.59 Å². The highest BCUT2D eigenvalue weighted by Crippen LogP contribution is 2.35. The number of likely N-dealkylation sites (tertiary alicyclic amines) is 1. The minimum Gasteiger partial charge on any atom is -1.00 e. The minimum atomic E-state index is -0.415. The molecule has 24 heavy (non-hydrogen) atoms. The van der Waals surface area contributed by atoms with Crippen LogP contribution in [0.5, 0.6) is 0 Å². The molecule has 0 aromatic heterocycles. The number of rotatable bonds is 6. The quantitative estimate of drug-likeness (QED) is 0.320. The molecule has 1 saturated heterocycles. The third-order valence-electron chi connectivity index (χ3n) is 4.67. The van der Waals surface area contributed by atoms with Gasteiger partial charge in [0.15, 0.2) is 0 Å². The van der Waals surface area contributed by atoms with E-state index in [4.69, 9.17) is 9.47 Å². The Bertz CT molecular complexity index is 423. The number of ether oxygens (including phenoxy) is 2. The molecular formula is C18H34INO4. The second kappa shape index (κ2) is 9.36. The molecule has 0 saturated carbocycles. The second-order valence-electron chi connectivity index (χ2n) is 8.26. The molecule has 1 fully saturated rings. The van der Waals surface area contributed by atoms with Crippen LogP contribution in [0.1, 0.15) is 60.3 Å². The van der Waals surface area contributed by atoms with Gasteiger partial charge in [-0.1, -0.05) is 0 Å². The van der Waals surface area contributed by atoms with E-state index in [0.29, 0.717) is 13.0 Å². The van der Waals surface area contributed by atoms with Crippen LogP contribution in [-0.4, -0.2) is 55.3 Å². The average molecular weight is 455 g/mol. The maximum Gasteiger partial charge on any atom is 0.312 e. The van der Waals surface area contributed by atoms with Gasteiger partial charge in [-0.15, -0.1) is 0 Å². The summed E-state index contributed by atoms with van der Waals surface area (Å²) in [5.74, 6) is -0.197. The summed E-state index contributed by atoms with van der Waals surface area (Å²) in [6.07, 6.45) is 2.96. The topological polar surface area (TPSA) is 52.6 Å². The van der Waals surface area contributed by atoms with E-state index in [0.717, 1.165) is 43.4 Å². The molecule has 1 aliphatic heterocycles. The molecule has 0 spiro atoms. The monoisotopic (exact) mass is 455 g/mol. The number of esters is 2. The normalized spacial score (nSPS) is 27.1. The lowest BCUT2D eigenvalue weighted by atomic mass is 9.79. The molecule has 0 aliphatic carbocycles. The summed E-state index contributed by atoms with van der Waals surface area (Å²) in [5.41, 5.74) is -0.763. The molecule has 0 aromatic carbocycles. The molecule has 0 aromatic rings. The van der Waals surface area contributed by atoms with Crippen molar-refractivity contribution < 1.29 is 47.5 Å². The first-order valence-corrected chi connectivity index (χ1v) is 8.72. The molecule has 0 N–H and O–H groups in total. The van der Waals surface area contributed by atoms with Crippen LogP contribution in [0.25, 0.3) is 0 Å². The first kappa shape index (κ1) is 23.6. The Morgan fingerprint density at radius 1 is 1.17 bits per heavy atom. The molecule has 0 atom stereocenters. The lowest BCUT2D eigenvalue weighted by Crippen LogP contribution is -3.00. The Labute approximate surface area is 164 Å². The van der Waals surface area contributed by atoms with Crippen molar-refractivity contribution >= 4 is 11.9 Å². The molecule has 0 bridgehead atoms. The van der Waals surface area contributed by atoms with Crippen LogP contribution in [0.15, 0.2) is 0 Å². The van der Waals surface area contributed by atoms with Crippen molar-refractivity contribution in [1.29, 1.82) is 0 Å². The van der Waals surface area contributed by atoms with E-state index in [1.807, 2.05) is 34.6 Å². The van der Waals surface area contributed by atoms with Gasteiger partial charge in [0.25, 0.3) is 0 Å². The molecular weight excluding hydrogens is 421 g/mol. The number of hydrogen-bond acceptors (Lipinski definition) is 4. The summed E-state index contributed by atoms with van der Waals surface area (Å²) in [4.78, 5) is 23.9. The summed E-state index contributed by atoms with van der Waals surface area (Å²) in [6.45, 7) is 12.8. The van der Waals surface area contributed by atoms with Gasteiger partial charge in [-0.2, -0.15) is 0 Å². The number of carbonyl (C=O) groups excluding carboxylic acids is 2. The minimum absolute atomic E-state index is 0. The van der Waals surface area contributed by atoms with Crippen molar-refractivity contribution in [3.8, 4) is 0 Å². The third kappa shape index (κ3) is 7.68. The van der Waals surface area contributed by atoms with Crippen LogP contribution in [0.4, 0.5) is 0 Å². The van der Waals surface area contributed by atoms with Crippen LogP contribution in [0.3, 0.4) is 0 Å². The smallest absolute Gasteiger partial charge is 0.312 e. The number of hydrogen-bond donors (Lipinski definition) is 0. The van der Waals surface area contributed by atoms with Crippen LogP contribution >= 0.6 is 0 Å². The molecule has 0 unspecified atom stereocenters. The number of halogens is 1. The number of nitrogens with zero attached hydrogens (tertiary/aromatic N) is 1. The first-order valence-electron chi connectivity index (χ1n) is 8.72. The zero-order valence-corrected chi connectivity index (χ0v) is 18.3.